The molecule has 180 valence electrons. The van der Waals surface area contributed by atoms with Gasteiger partial charge in [0.25, 0.3) is 5.56 Å². The first kappa shape index (κ1) is 24.2. The molecular weight excluding hydrogens is 461 g/mol. The van der Waals surface area contributed by atoms with Crippen LogP contribution in [0, 0.1) is 11.7 Å². The molecule has 0 radical (unpaired) electrons. The molecule has 1 aliphatic rings. The number of fused-ring (bicyclic) bond motifs is 1. The Labute approximate surface area is 201 Å². The Bertz CT molecular complexity index is 1250. The summed E-state index contributed by atoms with van der Waals surface area (Å²) in [5, 5.41) is 4.03. The number of nitrogens with one attached hydrogen (secondary N) is 2. The van der Waals surface area contributed by atoms with Gasteiger partial charge in [0.2, 0.25) is 0 Å². The minimum absolute atomic E-state index is 0.0629. The van der Waals surface area contributed by atoms with E-state index >= 15 is 0 Å². The number of carbonyl (C=O) groups excluding carboxylic acids is 1. The van der Waals surface area contributed by atoms with Crippen molar-refractivity contribution in [2.75, 3.05) is 25.1 Å². The third-order valence-corrected chi connectivity index (χ3v) is 6.27. The van der Waals surface area contributed by atoms with E-state index in [1.54, 1.807) is 23.2 Å². The van der Waals surface area contributed by atoms with E-state index in [1.807, 2.05) is 32.9 Å². The molecule has 1 fully saturated rings. The highest BCUT2D eigenvalue weighted by Gasteiger charge is 2.32. The van der Waals surface area contributed by atoms with Crippen molar-refractivity contribution in [3.8, 4) is 0 Å². The Kier molecular flexibility index (Phi) is 6.93. The van der Waals surface area contributed by atoms with E-state index in [9.17, 15) is 14.0 Å². The van der Waals surface area contributed by atoms with Crippen LogP contribution in [0.1, 0.15) is 32.4 Å². The van der Waals surface area contributed by atoms with E-state index in [0.29, 0.717) is 30.8 Å². The maximum Gasteiger partial charge on any atom is 0.322 e. The number of pyridine rings is 1. The number of anilines is 1. The van der Waals surface area contributed by atoms with Crippen LogP contribution in [0.25, 0.3) is 10.8 Å². The number of aromatic amines is 1. The summed E-state index contributed by atoms with van der Waals surface area (Å²) in [6, 6.07) is 10.5. The molecule has 0 aliphatic carbocycles. The standard InChI is InChI=1S/C25H27ClFN3O4/c1-15(20-11-28-23(31)19-7-5-4-6-18(19)20)30(12-16-13-33-25(2,3)34-14-16)24(32)29-17-8-9-22(27)21(26)10-17/h4-11,15-16H,12-14H2,1-3H3,(H,28,31)(H,29,32). The van der Waals surface area contributed by atoms with Gasteiger partial charge >= 0.3 is 6.03 Å². The lowest BCUT2D eigenvalue weighted by Gasteiger charge is -2.38. The van der Waals surface area contributed by atoms with Crippen LogP contribution in [0.5, 0.6) is 0 Å². The second kappa shape index (κ2) is 9.74. The average molecular weight is 488 g/mol. The molecule has 1 saturated heterocycles. The molecule has 7 nitrogen and oxygen atoms in total. The first-order valence-electron chi connectivity index (χ1n) is 11.1. The number of amides is 2. The lowest BCUT2D eigenvalue weighted by Crippen LogP contribution is -2.47. The smallest absolute Gasteiger partial charge is 0.322 e. The number of aromatic nitrogens is 1. The van der Waals surface area contributed by atoms with E-state index in [-0.39, 0.29) is 16.5 Å². The molecule has 0 bridgehead atoms. The monoisotopic (exact) mass is 487 g/mol. The number of carbonyl (C=O) groups is 1. The number of halogens is 2. The van der Waals surface area contributed by atoms with Crippen LogP contribution in [-0.4, -0.2) is 41.5 Å². The third kappa shape index (κ3) is 5.24. The van der Waals surface area contributed by atoms with E-state index < -0.39 is 23.7 Å². The maximum absolute atomic E-state index is 13.6. The van der Waals surface area contributed by atoms with Gasteiger partial charge in [0.15, 0.2) is 5.79 Å². The van der Waals surface area contributed by atoms with Gasteiger partial charge in [0, 0.05) is 29.7 Å². The van der Waals surface area contributed by atoms with Gasteiger partial charge in [-0.05, 0) is 56.0 Å². The maximum atomic E-state index is 13.6. The average Bonchev–Trinajstić information content (AvgIpc) is 2.81. The van der Waals surface area contributed by atoms with Gasteiger partial charge in [-0.3, -0.25) is 4.79 Å². The fourth-order valence-corrected chi connectivity index (χ4v) is 4.22. The summed E-state index contributed by atoms with van der Waals surface area (Å²) in [6.45, 7) is 6.79. The lowest BCUT2D eigenvalue weighted by molar-refractivity contribution is -0.263. The third-order valence-electron chi connectivity index (χ3n) is 5.98. The Morgan fingerprint density at radius 2 is 1.91 bits per heavy atom. The van der Waals surface area contributed by atoms with Gasteiger partial charge in [-0.1, -0.05) is 29.8 Å². The molecule has 3 aromatic rings. The van der Waals surface area contributed by atoms with Crippen molar-refractivity contribution < 1.29 is 18.7 Å². The van der Waals surface area contributed by atoms with Crippen LogP contribution in [-0.2, 0) is 9.47 Å². The molecule has 0 saturated carbocycles. The normalized spacial score (nSPS) is 16.9. The zero-order valence-corrected chi connectivity index (χ0v) is 20.0. The number of H-pyrrole nitrogens is 1. The fraction of sp³-hybridized carbons (Fsp3) is 0.360. The van der Waals surface area contributed by atoms with Gasteiger partial charge in [-0.2, -0.15) is 0 Å². The largest absolute Gasteiger partial charge is 0.350 e. The van der Waals surface area contributed by atoms with Crippen molar-refractivity contribution in [2.24, 2.45) is 5.92 Å². The molecule has 4 rings (SSSR count). The van der Waals surface area contributed by atoms with Crippen molar-refractivity contribution in [2.45, 2.75) is 32.6 Å². The van der Waals surface area contributed by atoms with Crippen molar-refractivity contribution in [1.29, 1.82) is 0 Å². The Morgan fingerprint density at radius 1 is 1.24 bits per heavy atom. The van der Waals surface area contributed by atoms with Crippen LogP contribution in [0.2, 0.25) is 5.02 Å². The molecule has 2 amide bonds. The molecule has 1 atom stereocenters. The molecule has 2 aromatic carbocycles. The van der Waals surface area contributed by atoms with Crippen molar-refractivity contribution in [1.82, 2.24) is 9.88 Å². The molecule has 1 unspecified atom stereocenters. The molecule has 34 heavy (non-hydrogen) atoms. The van der Waals surface area contributed by atoms with Crippen LogP contribution in [0.15, 0.2) is 53.5 Å². The number of rotatable bonds is 5. The van der Waals surface area contributed by atoms with Gasteiger partial charge in [0.05, 0.1) is 24.3 Å². The topological polar surface area (TPSA) is 83.7 Å². The summed E-state index contributed by atoms with van der Waals surface area (Å²) >= 11 is 5.89. The minimum atomic E-state index is -0.671. The summed E-state index contributed by atoms with van der Waals surface area (Å²) in [5.41, 5.74) is 0.970. The summed E-state index contributed by atoms with van der Waals surface area (Å²) < 4.78 is 25.2. The number of hydrogen-bond acceptors (Lipinski definition) is 4. The molecule has 0 spiro atoms. The summed E-state index contributed by atoms with van der Waals surface area (Å²) in [6.07, 6.45) is 1.64. The van der Waals surface area contributed by atoms with Crippen molar-refractivity contribution >= 4 is 34.1 Å². The highest BCUT2D eigenvalue weighted by molar-refractivity contribution is 6.31. The summed E-state index contributed by atoms with van der Waals surface area (Å²) in [5.74, 6) is -1.30. The number of urea groups is 1. The Morgan fingerprint density at radius 3 is 2.59 bits per heavy atom. The summed E-state index contributed by atoms with van der Waals surface area (Å²) in [4.78, 5) is 30.2. The Balaban J connectivity index is 1.65. The van der Waals surface area contributed by atoms with Crippen LogP contribution >= 0.6 is 11.6 Å². The van der Waals surface area contributed by atoms with E-state index in [4.69, 9.17) is 21.1 Å². The molecule has 1 aliphatic heterocycles. The molecule has 2 N–H and O–H groups in total. The molecule has 2 heterocycles. The Hall–Kier alpha value is -2.94. The lowest BCUT2D eigenvalue weighted by atomic mass is 10.00. The highest BCUT2D eigenvalue weighted by Crippen LogP contribution is 2.30. The highest BCUT2D eigenvalue weighted by atomic mass is 35.5. The molecule has 1 aromatic heterocycles. The molecule has 9 heteroatoms. The van der Waals surface area contributed by atoms with Gasteiger partial charge in [-0.15, -0.1) is 0 Å². The zero-order chi connectivity index (χ0) is 24.5. The van der Waals surface area contributed by atoms with Crippen molar-refractivity contribution in [3.05, 3.63) is 75.4 Å². The minimum Gasteiger partial charge on any atom is -0.350 e. The first-order valence-corrected chi connectivity index (χ1v) is 11.4. The summed E-state index contributed by atoms with van der Waals surface area (Å²) in [7, 11) is 0. The van der Waals surface area contributed by atoms with Crippen molar-refractivity contribution in [3.63, 3.8) is 0 Å². The quantitative estimate of drug-likeness (QED) is 0.510. The molecular formula is C25H27ClFN3O4. The second-order valence-electron chi connectivity index (χ2n) is 8.89. The predicted molar refractivity (Wildman–Crippen MR) is 130 cm³/mol. The van der Waals surface area contributed by atoms with Crippen LogP contribution < -0.4 is 10.9 Å². The van der Waals surface area contributed by atoms with E-state index in [1.165, 1.54) is 18.2 Å². The SMILES string of the molecule is CC(c1c[nH]c(=O)c2ccccc12)N(CC1COC(C)(C)OC1)C(=O)Nc1ccc(F)c(Cl)c1. The van der Waals surface area contributed by atoms with Gasteiger partial charge < -0.3 is 24.7 Å². The zero-order valence-electron chi connectivity index (χ0n) is 19.2. The number of nitrogens with zero attached hydrogens (tertiary/aromatic N) is 1. The number of hydrogen-bond donors (Lipinski definition) is 2. The fourth-order valence-electron chi connectivity index (χ4n) is 4.04. The second-order valence-corrected chi connectivity index (χ2v) is 9.30. The van der Waals surface area contributed by atoms with Gasteiger partial charge in [0.1, 0.15) is 5.82 Å². The number of ether oxygens (including phenoxy) is 2. The number of benzene rings is 2. The predicted octanol–water partition coefficient (Wildman–Crippen LogP) is 5.31. The first-order chi connectivity index (χ1) is 16.1. The van der Waals surface area contributed by atoms with Gasteiger partial charge in [-0.25, -0.2) is 9.18 Å². The van der Waals surface area contributed by atoms with E-state index in [0.717, 1.165) is 10.9 Å². The van der Waals surface area contributed by atoms with E-state index in [2.05, 4.69) is 10.3 Å². The van der Waals surface area contributed by atoms with Crippen LogP contribution in [0.3, 0.4) is 0 Å². The van der Waals surface area contributed by atoms with Crippen LogP contribution in [0.4, 0.5) is 14.9 Å².